The van der Waals surface area contributed by atoms with Crippen molar-refractivity contribution in [3.8, 4) is 0 Å². The van der Waals surface area contributed by atoms with E-state index in [0.29, 0.717) is 0 Å². The first kappa shape index (κ1) is 40.0. The molecule has 0 aromatic rings. The predicted octanol–water partition coefficient (Wildman–Crippen LogP) is 1.61. The van der Waals surface area contributed by atoms with E-state index < -0.39 is 0 Å². The van der Waals surface area contributed by atoms with E-state index in [1.54, 1.807) is 28.4 Å². The van der Waals surface area contributed by atoms with Crippen molar-refractivity contribution in [2.75, 3.05) is 54.9 Å². The maximum atomic E-state index is 8.47. The van der Waals surface area contributed by atoms with E-state index >= 15 is 0 Å². The Bertz CT molecular complexity index is 246. The van der Waals surface area contributed by atoms with Gasteiger partial charge in [-0.3, -0.25) is 0 Å². The molecule has 0 heterocycles. The molecule has 0 bridgehead atoms. The average molecular weight is 595 g/mol. The SMILES string of the molecule is COC(C)(C)CO.COC(C)(C)CO.COC(C)(C)CO.COC(C)(C)CO.[Hf]. The third-order valence-corrected chi connectivity index (χ3v) is 3.73. The van der Waals surface area contributed by atoms with E-state index in [9.17, 15) is 0 Å². The van der Waals surface area contributed by atoms with Crippen LogP contribution in [0, 0.1) is 0 Å². The minimum absolute atomic E-state index is 0. The van der Waals surface area contributed by atoms with Crippen LogP contribution in [0.2, 0.25) is 0 Å². The Kier molecular flexibility index (Phi) is 28.2. The monoisotopic (exact) mass is 596 g/mol. The molecule has 0 aromatic carbocycles. The van der Waals surface area contributed by atoms with E-state index in [2.05, 4.69) is 0 Å². The minimum Gasteiger partial charge on any atom is -0.393 e. The van der Waals surface area contributed by atoms with E-state index in [1.807, 2.05) is 55.4 Å². The van der Waals surface area contributed by atoms with Gasteiger partial charge in [0.1, 0.15) is 0 Å². The molecular formula is C20H48HfO8. The van der Waals surface area contributed by atoms with Gasteiger partial charge in [-0.1, -0.05) is 0 Å². The Morgan fingerprint density at radius 3 is 0.517 bits per heavy atom. The van der Waals surface area contributed by atoms with E-state index in [4.69, 9.17) is 39.4 Å². The van der Waals surface area contributed by atoms with Crippen molar-refractivity contribution >= 4 is 0 Å². The Labute approximate surface area is 197 Å². The number of hydrogen-bond acceptors (Lipinski definition) is 8. The van der Waals surface area contributed by atoms with Gasteiger partial charge in [0.25, 0.3) is 0 Å². The van der Waals surface area contributed by atoms with E-state index in [-0.39, 0.29) is 74.7 Å². The normalized spacial score (nSPS) is 11.6. The van der Waals surface area contributed by atoms with Crippen molar-refractivity contribution < 1.29 is 65.2 Å². The van der Waals surface area contributed by atoms with Gasteiger partial charge in [-0.05, 0) is 55.4 Å². The van der Waals surface area contributed by atoms with Crippen LogP contribution in [0.25, 0.3) is 0 Å². The third-order valence-electron chi connectivity index (χ3n) is 3.73. The van der Waals surface area contributed by atoms with Gasteiger partial charge in [-0.25, -0.2) is 0 Å². The number of aliphatic hydroxyl groups is 4. The number of rotatable bonds is 8. The minimum atomic E-state index is -0.361. The smallest absolute Gasteiger partial charge is 0.0852 e. The first-order chi connectivity index (χ1) is 12.5. The molecular weight excluding hydrogens is 547 g/mol. The zero-order valence-electron chi connectivity index (χ0n) is 20.8. The summed E-state index contributed by atoms with van der Waals surface area (Å²) in [6.45, 7) is 14.9. The molecule has 0 fully saturated rings. The standard InChI is InChI=1S/4C5H12O2.Hf/c4*1-5(2,4-6)7-3;/h4*6H,4H2,1-3H3;. The summed E-state index contributed by atoms with van der Waals surface area (Å²) in [6, 6.07) is 0. The maximum absolute atomic E-state index is 8.47. The topological polar surface area (TPSA) is 118 Å². The van der Waals surface area contributed by atoms with Crippen molar-refractivity contribution in [1.29, 1.82) is 0 Å². The summed E-state index contributed by atoms with van der Waals surface area (Å²) in [5, 5.41) is 33.9. The Balaban J connectivity index is -0.0000000873. The van der Waals surface area contributed by atoms with Crippen molar-refractivity contribution in [3.63, 3.8) is 0 Å². The largest absolute Gasteiger partial charge is 0.393 e. The summed E-state index contributed by atoms with van der Waals surface area (Å²) in [5.74, 6) is 0. The zero-order chi connectivity index (χ0) is 23.7. The van der Waals surface area contributed by atoms with Gasteiger partial charge >= 0.3 is 0 Å². The Morgan fingerprint density at radius 2 is 0.517 bits per heavy atom. The van der Waals surface area contributed by atoms with Crippen LogP contribution in [0.15, 0.2) is 0 Å². The Hall–Kier alpha value is 0.550. The Morgan fingerprint density at radius 1 is 0.414 bits per heavy atom. The molecule has 0 spiro atoms. The molecule has 0 aliphatic rings. The molecule has 0 radical (unpaired) electrons. The molecule has 0 atom stereocenters. The molecule has 0 rings (SSSR count). The molecule has 0 saturated heterocycles. The van der Waals surface area contributed by atoms with Crippen LogP contribution in [0.1, 0.15) is 55.4 Å². The number of methoxy groups -OCH3 is 4. The second kappa shape index (κ2) is 20.5. The fraction of sp³-hybridized carbons (Fsp3) is 1.00. The van der Waals surface area contributed by atoms with Crippen LogP contribution < -0.4 is 0 Å². The number of ether oxygens (including phenoxy) is 4. The van der Waals surface area contributed by atoms with Crippen LogP contribution in [0.4, 0.5) is 0 Å². The molecule has 0 unspecified atom stereocenters. The number of hydrogen-bond donors (Lipinski definition) is 4. The van der Waals surface area contributed by atoms with Gasteiger partial charge in [-0.2, -0.15) is 0 Å². The van der Waals surface area contributed by atoms with E-state index in [1.165, 1.54) is 0 Å². The van der Waals surface area contributed by atoms with Crippen LogP contribution in [0.3, 0.4) is 0 Å². The van der Waals surface area contributed by atoms with Gasteiger partial charge < -0.3 is 39.4 Å². The third kappa shape index (κ3) is 33.4. The van der Waals surface area contributed by atoms with E-state index in [0.717, 1.165) is 0 Å². The van der Waals surface area contributed by atoms with Gasteiger partial charge in [0.2, 0.25) is 0 Å². The molecule has 0 amide bonds. The van der Waals surface area contributed by atoms with Gasteiger partial charge in [0.05, 0.1) is 48.8 Å². The second-order valence-electron chi connectivity index (χ2n) is 8.49. The summed E-state index contributed by atoms with van der Waals surface area (Å²) in [7, 11) is 6.32. The van der Waals surface area contributed by atoms with Gasteiger partial charge in [0.15, 0.2) is 0 Å². The molecule has 9 heteroatoms. The molecule has 8 nitrogen and oxygen atoms in total. The molecule has 0 aliphatic carbocycles. The second-order valence-corrected chi connectivity index (χ2v) is 8.49. The van der Waals surface area contributed by atoms with Crippen molar-refractivity contribution in [2.24, 2.45) is 0 Å². The molecule has 0 aliphatic heterocycles. The molecule has 4 N–H and O–H groups in total. The van der Waals surface area contributed by atoms with Crippen molar-refractivity contribution in [1.82, 2.24) is 0 Å². The summed E-state index contributed by atoms with van der Waals surface area (Å²) in [6.07, 6.45) is 0. The summed E-state index contributed by atoms with van der Waals surface area (Å²) in [5.41, 5.74) is -1.44. The average Bonchev–Trinajstić information content (AvgIpc) is 2.69. The molecule has 0 aromatic heterocycles. The zero-order valence-corrected chi connectivity index (χ0v) is 24.3. The summed E-state index contributed by atoms with van der Waals surface area (Å²) < 4.78 is 19.3. The fourth-order valence-electron chi connectivity index (χ4n) is 0.258. The fourth-order valence-corrected chi connectivity index (χ4v) is 0.258. The molecule has 180 valence electrons. The van der Waals surface area contributed by atoms with Crippen molar-refractivity contribution in [2.45, 2.75) is 77.8 Å². The quantitative estimate of drug-likeness (QED) is 0.313. The molecule has 0 saturated carbocycles. The van der Waals surface area contributed by atoms with Crippen LogP contribution in [0.5, 0.6) is 0 Å². The predicted molar refractivity (Wildman–Crippen MR) is 113 cm³/mol. The number of aliphatic hydroxyl groups excluding tert-OH is 4. The van der Waals surface area contributed by atoms with Gasteiger partial charge in [-0.15, -0.1) is 0 Å². The van der Waals surface area contributed by atoms with Crippen LogP contribution in [-0.4, -0.2) is 97.7 Å². The first-order valence-electron chi connectivity index (χ1n) is 9.13. The molecule has 29 heavy (non-hydrogen) atoms. The van der Waals surface area contributed by atoms with Crippen molar-refractivity contribution in [3.05, 3.63) is 0 Å². The van der Waals surface area contributed by atoms with Crippen LogP contribution in [-0.2, 0) is 44.8 Å². The maximum Gasteiger partial charge on any atom is 0.0852 e. The van der Waals surface area contributed by atoms with Crippen LogP contribution >= 0.6 is 0 Å². The summed E-state index contributed by atoms with van der Waals surface area (Å²) >= 11 is 0. The van der Waals surface area contributed by atoms with Gasteiger partial charge in [0, 0.05) is 54.3 Å². The summed E-state index contributed by atoms with van der Waals surface area (Å²) in [4.78, 5) is 0. The first-order valence-corrected chi connectivity index (χ1v) is 9.13.